The highest BCUT2D eigenvalue weighted by atomic mass is 35.5. The van der Waals surface area contributed by atoms with Gasteiger partial charge in [-0.3, -0.25) is 9.69 Å². The average Bonchev–Trinajstić information content (AvgIpc) is 3.41. The van der Waals surface area contributed by atoms with Gasteiger partial charge >= 0.3 is 0 Å². The van der Waals surface area contributed by atoms with Gasteiger partial charge in [0.2, 0.25) is 0 Å². The minimum atomic E-state index is -0.768. The topological polar surface area (TPSA) is 85.6 Å². The summed E-state index contributed by atoms with van der Waals surface area (Å²) in [5.41, 5.74) is 1.85. The number of nitrogens with zero attached hydrogens (tertiary/aromatic N) is 2. The zero-order valence-corrected chi connectivity index (χ0v) is 22.7. The second kappa shape index (κ2) is 12.3. The molecule has 0 radical (unpaired) electrons. The van der Waals surface area contributed by atoms with Crippen LogP contribution in [0.15, 0.2) is 66.7 Å². The fraction of sp³-hybridized carbons (Fsp3) is 0.355. The summed E-state index contributed by atoms with van der Waals surface area (Å²) in [6, 6.07) is 24.3. The zero-order chi connectivity index (χ0) is 27.1. The van der Waals surface area contributed by atoms with Crippen molar-refractivity contribution in [2.75, 3.05) is 26.7 Å². The number of hydrogen-bond acceptors (Lipinski definition) is 5. The smallest absolute Gasteiger partial charge is 0.258 e. The van der Waals surface area contributed by atoms with Crippen LogP contribution in [0.1, 0.15) is 53.2 Å². The molecule has 0 spiro atoms. The molecule has 1 saturated heterocycles. The summed E-state index contributed by atoms with van der Waals surface area (Å²) in [4.78, 5) is 15.5. The number of aryl methyl sites for hydroxylation is 1. The van der Waals surface area contributed by atoms with E-state index in [-0.39, 0.29) is 23.1 Å². The summed E-state index contributed by atoms with van der Waals surface area (Å²) in [7, 11) is 1.43. The van der Waals surface area contributed by atoms with Crippen molar-refractivity contribution in [3.8, 4) is 17.6 Å². The number of ether oxygens (including phenoxy) is 1. The van der Waals surface area contributed by atoms with Gasteiger partial charge in [0.05, 0.1) is 18.2 Å². The minimum absolute atomic E-state index is 0.0676. The SMILES string of the molecule is CCc1cc(Cl)c(OC)c(C(=O)NC[C@@H]2CCCN2CCC(C#N)(c2ccccc2)c2ccccc2)c1O. The molecule has 0 bridgehead atoms. The third-order valence-electron chi connectivity index (χ3n) is 7.59. The van der Waals surface area contributed by atoms with Crippen LogP contribution >= 0.6 is 11.6 Å². The molecule has 1 fully saturated rings. The lowest BCUT2D eigenvalue weighted by molar-refractivity contribution is 0.0934. The molecule has 0 saturated carbocycles. The fourth-order valence-electron chi connectivity index (χ4n) is 5.47. The van der Waals surface area contributed by atoms with Gasteiger partial charge in [-0.25, -0.2) is 0 Å². The van der Waals surface area contributed by atoms with E-state index in [1.807, 2.05) is 67.6 Å². The second-order valence-corrected chi connectivity index (χ2v) is 10.1. The van der Waals surface area contributed by atoms with Gasteiger partial charge < -0.3 is 15.2 Å². The maximum absolute atomic E-state index is 13.2. The largest absolute Gasteiger partial charge is 0.507 e. The lowest BCUT2D eigenvalue weighted by Crippen LogP contribution is -2.42. The number of halogens is 1. The van der Waals surface area contributed by atoms with Crippen molar-refractivity contribution in [2.45, 2.75) is 44.1 Å². The molecule has 1 heterocycles. The van der Waals surface area contributed by atoms with E-state index < -0.39 is 11.3 Å². The number of methoxy groups -OCH3 is 1. The summed E-state index contributed by atoms with van der Waals surface area (Å²) in [5.74, 6) is -0.339. The van der Waals surface area contributed by atoms with Gasteiger partial charge in [0.1, 0.15) is 16.7 Å². The van der Waals surface area contributed by atoms with Crippen molar-refractivity contribution in [3.05, 3.63) is 94.0 Å². The van der Waals surface area contributed by atoms with Crippen molar-refractivity contribution in [3.63, 3.8) is 0 Å². The molecule has 2 N–H and O–H groups in total. The van der Waals surface area contributed by atoms with Gasteiger partial charge in [0.15, 0.2) is 5.75 Å². The number of nitriles is 1. The standard InChI is InChI=1S/C31H34ClN3O3/c1-3-22-19-26(32)29(38-2)27(28(22)36)30(37)34-20-25-15-10-17-35(25)18-16-31(21-33,23-11-6-4-7-12-23)24-13-8-5-9-14-24/h4-9,11-14,19,25,36H,3,10,15-18,20H2,1-2H3,(H,34,37)/t25-/m0/s1. The molecule has 3 aromatic carbocycles. The van der Waals surface area contributed by atoms with Crippen molar-refractivity contribution in [1.29, 1.82) is 5.26 Å². The van der Waals surface area contributed by atoms with Crippen molar-refractivity contribution in [1.82, 2.24) is 10.2 Å². The molecular formula is C31H34ClN3O3. The van der Waals surface area contributed by atoms with E-state index in [0.717, 1.165) is 30.5 Å². The number of nitrogens with one attached hydrogen (secondary N) is 1. The first-order chi connectivity index (χ1) is 18.4. The Kier molecular flexibility index (Phi) is 8.93. The first-order valence-electron chi connectivity index (χ1n) is 13.1. The van der Waals surface area contributed by atoms with E-state index in [9.17, 15) is 15.2 Å². The monoisotopic (exact) mass is 531 g/mol. The Morgan fingerprint density at radius 2 is 1.82 bits per heavy atom. The van der Waals surface area contributed by atoms with Crippen molar-refractivity contribution in [2.24, 2.45) is 0 Å². The Morgan fingerprint density at radius 3 is 2.37 bits per heavy atom. The summed E-state index contributed by atoms with van der Waals surface area (Å²) in [6.07, 6.45) is 3.12. The van der Waals surface area contributed by atoms with E-state index in [0.29, 0.717) is 36.5 Å². The van der Waals surface area contributed by atoms with Crippen LogP contribution in [0.4, 0.5) is 0 Å². The summed E-state index contributed by atoms with van der Waals surface area (Å²) < 4.78 is 5.35. The molecule has 1 aliphatic rings. The Morgan fingerprint density at radius 1 is 1.18 bits per heavy atom. The zero-order valence-electron chi connectivity index (χ0n) is 21.9. The second-order valence-electron chi connectivity index (χ2n) is 9.67. The van der Waals surface area contributed by atoms with Crippen LogP contribution in [0.25, 0.3) is 0 Å². The van der Waals surface area contributed by atoms with E-state index in [4.69, 9.17) is 16.3 Å². The molecule has 1 atom stereocenters. The molecule has 7 heteroatoms. The molecule has 1 amide bonds. The van der Waals surface area contributed by atoms with E-state index >= 15 is 0 Å². The molecule has 6 nitrogen and oxygen atoms in total. The highest BCUT2D eigenvalue weighted by molar-refractivity contribution is 6.33. The first-order valence-corrected chi connectivity index (χ1v) is 13.5. The number of carbonyl (C=O) groups is 1. The lowest BCUT2D eigenvalue weighted by Gasteiger charge is -2.32. The molecule has 0 aromatic heterocycles. The van der Waals surface area contributed by atoms with Gasteiger partial charge in [-0.1, -0.05) is 79.2 Å². The molecule has 3 aromatic rings. The van der Waals surface area contributed by atoms with Gasteiger partial charge in [0.25, 0.3) is 5.91 Å². The number of phenols is 1. The fourth-order valence-corrected chi connectivity index (χ4v) is 5.77. The van der Waals surface area contributed by atoms with Gasteiger partial charge in [0, 0.05) is 19.1 Å². The number of aromatic hydroxyl groups is 1. The number of amides is 1. The number of hydrogen-bond donors (Lipinski definition) is 2. The van der Waals surface area contributed by atoms with Crippen LogP contribution in [-0.4, -0.2) is 48.7 Å². The molecule has 0 aliphatic carbocycles. The lowest BCUT2D eigenvalue weighted by atomic mass is 9.73. The number of phenolic OH excluding ortho intramolecular Hbond substituents is 1. The molecule has 0 unspecified atom stereocenters. The molecule has 198 valence electrons. The van der Waals surface area contributed by atoms with E-state index in [2.05, 4.69) is 16.3 Å². The predicted octanol–water partition coefficient (Wildman–Crippen LogP) is 5.71. The first kappa shape index (κ1) is 27.5. The average molecular weight is 532 g/mol. The van der Waals surface area contributed by atoms with Crippen molar-refractivity contribution >= 4 is 17.5 Å². The van der Waals surface area contributed by atoms with E-state index in [1.165, 1.54) is 7.11 Å². The Labute approximate surface area is 229 Å². The van der Waals surface area contributed by atoms with Crippen LogP contribution in [0.2, 0.25) is 5.02 Å². The van der Waals surface area contributed by atoms with Crippen molar-refractivity contribution < 1.29 is 14.6 Å². The molecular weight excluding hydrogens is 498 g/mol. The molecule has 38 heavy (non-hydrogen) atoms. The summed E-state index contributed by atoms with van der Waals surface area (Å²) in [5, 5.41) is 24.5. The predicted molar refractivity (Wildman–Crippen MR) is 150 cm³/mol. The third kappa shape index (κ3) is 5.50. The van der Waals surface area contributed by atoms with Gasteiger partial charge in [-0.2, -0.15) is 5.26 Å². The number of rotatable bonds is 10. The third-order valence-corrected chi connectivity index (χ3v) is 7.87. The maximum Gasteiger partial charge on any atom is 0.258 e. The van der Waals surface area contributed by atoms with Crippen LogP contribution in [-0.2, 0) is 11.8 Å². The Hall–Kier alpha value is -3.53. The summed E-state index contributed by atoms with van der Waals surface area (Å²) in [6.45, 7) is 3.93. The normalized spacial score (nSPS) is 15.7. The quantitative estimate of drug-likeness (QED) is 0.350. The Bertz CT molecular complexity index is 1250. The Balaban J connectivity index is 1.50. The molecule has 4 rings (SSSR count). The van der Waals surface area contributed by atoms with Crippen LogP contribution in [0.5, 0.6) is 11.5 Å². The number of benzene rings is 3. The molecule has 1 aliphatic heterocycles. The van der Waals surface area contributed by atoms with E-state index in [1.54, 1.807) is 6.07 Å². The van der Waals surface area contributed by atoms with Crippen LogP contribution in [0.3, 0.4) is 0 Å². The number of likely N-dealkylation sites (tertiary alicyclic amines) is 1. The van der Waals surface area contributed by atoms with Crippen LogP contribution in [0, 0.1) is 11.3 Å². The highest BCUT2D eigenvalue weighted by Gasteiger charge is 2.36. The van der Waals surface area contributed by atoms with Gasteiger partial charge in [-0.15, -0.1) is 0 Å². The maximum atomic E-state index is 13.2. The highest BCUT2D eigenvalue weighted by Crippen LogP contribution is 2.39. The van der Waals surface area contributed by atoms with Gasteiger partial charge in [-0.05, 0) is 55.0 Å². The van der Waals surface area contributed by atoms with Crippen LogP contribution < -0.4 is 10.1 Å². The summed E-state index contributed by atoms with van der Waals surface area (Å²) >= 11 is 6.33. The minimum Gasteiger partial charge on any atom is -0.507 e. The number of carbonyl (C=O) groups excluding carboxylic acids is 1.